The van der Waals surface area contributed by atoms with E-state index in [2.05, 4.69) is 13.8 Å². The molecule has 0 aliphatic rings. The fraction of sp³-hybridized carbons (Fsp3) is 0.429. The molecule has 0 aliphatic heterocycles. The molecule has 0 bridgehead atoms. The molecule has 6 rings (SSSR count). The van der Waals surface area contributed by atoms with Crippen LogP contribution in [-0.4, -0.2) is 63.5 Å². The number of unbranched alkanes of at least 4 members (excludes halogenated alkanes) is 18. The lowest BCUT2D eigenvalue weighted by molar-refractivity contribution is -0.173. The summed E-state index contributed by atoms with van der Waals surface area (Å²) in [7, 11) is 0. The lowest BCUT2D eigenvalue weighted by Gasteiger charge is -2.30. The summed E-state index contributed by atoms with van der Waals surface area (Å²) in [5, 5.41) is 0. The molecule has 0 aliphatic carbocycles. The van der Waals surface area contributed by atoms with Crippen LogP contribution in [0.3, 0.4) is 0 Å². The molecule has 0 spiro atoms. The molecule has 0 unspecified atom stereocenters. The van der Waals surface area contributed by atoms with Gasteiger partial charge in [0.25, 0.3) is 0 Å². The van der Waals surface area contributed by atoms with Gasteiger partial charge in [-0.15, -0.1) is 0 Å². The van der Waals surface area contributed by atoms with Crippen LogP contribution in [0.5, 0.6) is 34.5 Å². The van der Waals surface area contributed by atoms with Crippen molar-refractivity contribution in [3.05, 3.63) is 180 Å². The Morgan fingerprint density at radius 1 is 0.330 bits per heavy atom. The third-order valence-electron chi connectivity index (χ3n) is 15.5. The number of rotatable bonds is 46. The molecule has 0 radical (unpaired) electrons. The number of hydrogen-bond donors (Lipinski definition) is 2. The van der Waals surface area contributed by atoms with E-state index < -0.39 is 29.3 Å². The number of benzene rings is 6. The third kappa shape index (κ3) is 28.9. The standard InChI is InChI=1S/C77H98N2O12/c1-3-5-53-84-69-43-47-71(48-44-69)90-73(80)51-33-61-29-39-67(40-30-61)86-55-21-17-13-9-7-11-15-19-23-57-88-75(82)77(59-63-25-35-65(78)36-26-63,60-64-27-37-66(79)38-28-64)76(83)89-58-24-20-16-12-8-10-14-18-22-56-87-68-41-31-62(32-42-68)34-52-74(81)91-72-49-45-70(46-50-72)85-54-6-4-2/h25-52H,3-24,53-60,78-79H2,1-2H3. The van der Waals surface area contributed by atoms with Crippen LogP contribution in [0.1, 0.15) is 177 Å². The highest BCUT2D eigenvalue weighted by Crippen LogP contribution is 2.34. The SMILES string of the molecule is CCCCOc1ccc(OC(=O)C=Cc2ccc(OCCCCCCCCCCCOC(=O)C(Cc3ccc(N)cc3)(Cc3ccc(N)cc3)C(=O)OCCCCCCCCCCCOc3ccc(C=CC(=O)Oc4ccc(OCCCC)cc4)cc3)cc2)cc1. The van der Waals surface area contributed by atoms with Gasteiger partial charge < -0.3 is 49.4 Å². The molecule has 0 aromatic heterocycles. The molecule has 4 N–H and O–H groups in total. The number of anilines is 2. The lowest BCUT2D eigenvalue weighted by Crippen LogP contribution is -2.46. The molecule has 14 nitrogen and oxygen atoms in total. The highest BCUT2D eigenvalue weighted by atomic mass is 16.6. The highest BCUT2D eigenvalue weighted by molar-refractivity contribution is 6.01. The quantitative estimate of drug-likeness (QED) is 0.00915. The molecule has 0 fully saturated rings. The first-order valence-electron chi connectivity index (χ1n) is 33.2. The van der Waals surface area contributed by atoms with E-state index in [1.165, 1.54) is 12.2 Å². The number of esters is 4. The van der Waals surface area contributed by atoms with E-state index in [1.807, 2.05) is 72.8 Å². The average Bonchev–Trinajstić information content (AvgIpc) is 1.24. The predicted octanol–water partition coefficient (Wildman–Crippen LogP) is 17.5. The molecule has 0 heterocycles. The van der Waals surface area contributed by atoms with E-state index in [-0.39, 0.29) is 26.1 Å². The van der Waals surface area contributed by atoms with Gasteiger partial charge in [-0.25, -0.2) is 9.59 Å². The summed E-state index contributed by atoms with van der Waals surface area (Å²) >= 11 is 0. The van der Waals surface area contributed by atoms with E-state index >= 15 is 0 Å². The zero-order chi connectivity index (χ0) is 64.4. The van der Waals surface area contributed by atoms with Crippen LogP contribution in [0, 0.1) is 5.41 Å². The van der Waals surface area contributed by atoms with Crippen molar-refractivity contribution in [2.75, 3.05) is 51.1 Å². The average molecular weight is 1240 g/mol. The van der Waals surface area contributed by atoms with E-state index in [9.17, 15) is 19.2 Å². The summed E-state index contributed by atoms with van der Waals surface area (Å²) < 4.78 is 46.2. The summed E-state index contributed by atoms with van der Waals surface area (Å²) in [6, 6.07) is 43.9. The Morgan fingerprint density at radius 2 is 0.593 bits per heavy atom. The van der Waals surface area contributed by atoms with Crippen LogP contribution in [0.25, 0.3) is 12.2 Å². The molecule has 488 valence electrons. The maximum atomic E-state index is 14.4. The minimum absolute atomic E-state index is 0.103. The van der Waals surface area contributed by atoms with Gasteiger partial charge in [-0.1, -0.05) is 165 Å². The molecule has 91 heavy (non-hydrogen) atoms. The lowest BCUT2D eigenvalue weighted by atomic mass is 9.76. The second-order valence-corrected chi connectivity index (χ2v) is 23.2. The van der Waals surface area contributed by atoms with Gasteiger partial charge in [-0.05, 0) is 183 Å². The Labute approximate surface area is 541 Å². The number of carbonyl (C=O) groups is 4. The molecular weight excluding hydrogens is 1140 g/mol. The zero-order valence-corrected chi connectivity index (χ0v) is 53.9. The molecule has 0 amide bonds. The topological polar surface area (TPSA) is 194 Å². The Kier molecular flexibility index (Phi) is 33.4. The van der Waals surface area contributed by atoms with Gasteiger partial charge in [0.15, 0.2) is 5.41 Å². The van der Waals surface area contributed by atoms with E-state index in [0.29, 0.717) is 62.1 Å². The molecular formula is C77H98N2O12. The van der Waals surface area contributed by atoms with Crippen molar-refractivity contribution < 1.29 is 57.1 Å². The first-order chi connectivity index (χ1) is 44.5. The Balaban J connectivity index is 0.814. The monoisotopic (exact) mass is 1240 g/mol. The zero-order valence-electron chi connectivity index (χ0n) is 53.9. The number of hydrogen-bond acceptors (Lipinski definition) is 14. The maximum absolute atomic E-state index is 14.4. The maximum Gasteiger partial charge on any atom is 0.336 e. The van der Waals surface area contributed by atoms with Crippen LogP contribution >= 0.6 is 0 Å². The van der Waals surface area contributed by atoms with Crippen molar-refractivity contribution in [3.63, 3.8) is 0 Å². The molecule has 6 aromatic rings. The first kappa shape index (κ1) is 71.6. The Hall–Kier alpha value is -8.52. The van der Waals surface area contributed by atoms with Gasteiger partial charge in [0.05, 0.1) is 39.6 Å². The normalized spacial score (nSPS) is 11.4. The minimum atomic E-state index is -1.61. The van der Waals surface area contributed by atoms with Crippen LogP contribution in [-0.2, 0) is 41.5 Å². The van der Waals surface area contributed by atoms with Crippen LogP contribution in [0.4, 0.5) is 11.4 Å². The number of nitrogens with two attached hydrogens (primary N) is 2. The summed E-state index contributed by atoms with van der Waals surface area (Å²) in [4.78, 5) is 53.6. The van der Waals surface area contributed by atoms with Crippen molar-refractivity contribution in [2.45, 2.75) is 168 Å². The van der Waals surface area contributed by atoms with Crippen molar-refractivity contribution in [2.24, 2.45) is 5.41 Å². The van der Waals surface area contributed by atoms with E-state index in [4.69, 9.17) is 49.4 Å². The number of nitrogen functional groups attached to an aromatic ring is 2. The third-order valence-corrected chi connectivity index (χ3v) is 15.5. The van der Waals surface area contributed by atoms with Crippen molar-refractivity contribution in [1.82, 2.24) is 0 Å². The summed E-state index contributed by atoms with van der Waals surface area (Å²) in [5.41, 5.74) is 15.0. The molecule has 6 aromatic carbocycles. The Morgan fingerprint density at radius 3 is 0.901 bits per heavy atom. The summed E-state index contributed by atoms with van der Waals surface area (Å²) in [5.74, 6) is 1.95. The Bertz CT molecular complexity index is 2840. The molecule has 14 heteroatoms. The highest BCUT2D eigenvalue weighted by Gasteiger charge is 2.49. The second kappa shape index (κ2) is 42.5. The molecule has 0 saturated heterocycles. The number of ether oxygens (including phenoxy) is 8. The van der Waals surface area contributed by atoms with Gasteiger partial charge in [-0.3, -0.25) is 9.59 Å². The van der Waals surface area contributed by atoms with E-state index in [0.717, 1.165) is 174 Å². The fourth-order valence-electron chi connectivity index (χ4n) is 10.1. The molecule has 0 atom stereocenters. The van der Waals surface area contributed by atoms with Crippen LogP contribution in [0.2, 0.25) is 0 Å². The summed E-state index contributed by atoms with van der Waals surface area (Å²) in [6.07, 6.45) is 29.0. The molecule has 0 saturated carbocycles. The largest absolute Gasteiger partial charge is 0.494 e. The van der Waals surface area contributed by atoms with Gasteiger partial charge in [-0.2, -0.15) is 0 Å². The number of carbonyl (C=O) groups excluding carboxylic acids is 4. The van der Waals surface area contributed by atoms with Gasteiger partial charge >= 0.3 is 23.9 Å². The van der Waals surface area contributed by atoms with E-state index in [1.54, 1.807) is 84.9 Å². The van der Waals surface area contributed by atoms with Crippen LogP contribution < -0.4 is 39.9 Å². The predicted molar refractivity (Wildman–Crippen MR) is 363 cm³/mol. The van der Waals surface area contributed by atoms with Gasteiger partial charge in [0, 0.05) is 23.5 Å². The van der Waals surface area contributed by atoms with Gasteiger partial charge in [0.2, 0.25) is 0 Å². The van der Waals surface area contributed by atoms with Crippen LogP contribution in [0.15, 0.2) is 158 Å². The first-order valence-corrected chi connectivity index (χ1v) is 33.2. The van der Waals surface area contributed by atoms with Crippen molar-refractivity contribution in [3.8, 4) is 34.5 Å². The fourth-order valence-corrected chi connectivity index (χ4v) is 10.1. The van der Waals surface area contributed by atoms with Crippen molar-refractivity contribution in [1.29, 1.82) is 0 Å². The minimum Gasteiger partial charge on any atom is -0.494 e. The summed E-state index contributed by atoms with van der Waals surface area (Å²) in [6.45, 7) is 7.27. The van der Waals surface area contributed by atoms with Gasteiger partial charge in [0.1, 0.15) is 34.5 Å². The smallest absolute Gasteiger partial charge is 0.336 e. The second-order valence-electron chi connectivity index (χ2n) is 23.2. The van der Waals surface area contributed by atoms with Crippen molar-refractivity contribution >= 4 is 47.4 Å².